The Labute approximate surface area is 107 Å². The molecule has 0 unspecified atom stereocenters. The predicted molar refractivity (Wildman–Crippen MR) is 69.6 cm³/mol. The molecule has 0 bridgehead atoms. The normalized spacial score (nSPS) is 19.5. The lowest BCUT2D eigenvalue weighted by molar-refractivity contribution is -0.0613. The van der Waals surface area contributed by atoms with E-state index >= 15 is 0 Å². The first kappa shape index (κ1) is 13.3. The summed E-state index contributed by atoms with van der Waals surface area (Å²) < 4.78 is 25.8. The molecule has 1 aromatic rings. The molecule has 1 aromatic carbocycles. The molecule has 0 amide bonds. The largest absolute Gasteiger partial charge is 0.398 e. The second-order valence-corrected chi connectivity index (χ2v) is 6.81. The van der Waals surface area contributed by atoms with Crippen molar-refractivity contribution in [3.05, 3.63) is 23.8 Å². The van der Waals surface area contributed by atoms with Crippen LogP contribution in [0, 0.1) is 6.92 Å². The molecular formula is C12H18N2O3S. The molecule has 0 spiro atoms. The molecule has 0 atom stereocenters. The standard InChI is InChI=1S/C12H18N2O3S/c1-3-12(15)7-14(8-12)18(16,17)10-5-4-9(2)11(13)6-10/h4-6,15H,3,7-8,13H2,1-2H3. The van der Waals surface area contributed by atoms with Crippen molar-refractivity contribution in [3.63, 3.8) is 0 Å². The highest BCUT2D eigenvalue weighted by Crippen LogP contribution is 2.31. The molecule has 1 fully saturated rings. The van der Waals surface area contributed by atoms with Crippen molar-refractivity contribution in [1.82, 2.24) is 4.31 Å². The van der Waals surface area contributed by atoms with Crippen molar-refractivity contribution >= 4 is 15.7 Å². The summed E-state index contributed by atoms with van der Waals surface area (Å²) in [6.45, 7) is 3.97. The number of rotatable bonds is 3. The number of aliphatic hydroxyl groups is 1. The molecular weight excluding hydrogens is 252 g/mol. The highest BCUT2D eigenvalue weighted by molar-refractivity contribution is 7.89. The first-order valence-corrected chi connectivity index (χ1v) is 7.31. The Balaban J connectivity index is 2.25. The average molecular weight is 270 g/mol. The zero-order valence-electron chi connectivity index (χ0n) is 10.5. The smallest absolute Gasteiger partial charge is 0.243 e. The Kier molecular flexibility index (Phi) is 3.12. The van der Waals surface area contributed by atoms with E-state index in [9.17, 15) is 13.5 Å². The van der Waals surface area contributed by atoms with Gasteiger partial charge in [0.15, 0.2) is 0 Å². The number of nitrogen functional groups attached to an aromatic ring is 1. The predicted octanol–water partition coefficient (Wildman–Crippen LogP) is 0.723. The van der Waals surface area contributed by atoms with Gasteiger partial charge in [-0.15, -0.1) is 0 Å². The van der Waals surface area contributed by atoms with E-state index in [0.29, 0.717) is 12.1 Å². The number of hydrogen-bond donors (Lipinski definition) is 2. The fraction of sp³-hybridized carbons (Fsp3) is 0.500. The van der Waals surface area contributed by atoms with Gasteiger partial charge in [0.25, 0.3) is 0 Å². The maximum absolute atomic E-state index is 12.2. The topological polar surface area (TPSA) is 83.6 Å². The zero-order chi connectivity index (χ0) is 13.6. The van der Waals surface area contributed by atoms with E-state index < -0.39 is 15.6 Å². The highest BCUT2D eigenvalue weighted by atomic mass is 32.2. The van der Waals surface area contributed by atoms with Crippen molar-refractivity contribution in [2.75, 3.05) is 18.8 Å². The molecule has 0 aliphatic carbocycles. The molecule has 3 N–H and O–H groups in total. The fourth-order valence-electron chi connectivity index (χ4n) is 1.93. The first-order chi connectivity index (χ1) is 8.28. The van der Waals surface area contributed by atoms with E-state index in [2.05, 4.69) is 0 Å². The molecule has 1 heterocycles. The fourth-order valence-corrected chi connectivity index (χ4v) is 3.57. The minimum Gasteiger partial charge on any atom is -0.398 e. The van der Waals surface area contributed by atoms with Crippen LogP contribution < -0.4 is 5.73 Å². The monoisotopic (exact) mass is 270 g/mol. The Hall–Kier alpha value is -1.11. The lowest BCUT2D eigenvalue weighted by Crippen LogP contribution is -2.62. The third-order valence-corrected chi connectivity index (χ3v) is 5.28. The van der Waals surface area contributed by atoms with Gasteiger partial charge in [0.2, 0.25) is 10.0 Å². The van der Waals surface area contributed by atoms with Gasteiger partial charge in [0.05, 0.1) is 10.5 Å². The van der Waals surface area contributed by atoms with Gasteiger partial charge in [-0.1, -0.05) is 13.0 Å². The number of sulfonamides is 1. The third kappa shape index (κ3) is 2.11. The van der Waals surface area contributed by atoms with Crippen molar-refractivity contribution in [1.29, 1.82) is 0 Å². The minimum atomic E-state index is -3.53. The second-order valence-electron chi connectivity index (χ2n) is 4.87. The number of aryl methyl sites for hydroxylation is 1. The van der Waals surface area contributed by atoms with E-state index in [1.165, 1.54) is 10.4 Å². The number of β-amino-alcohol motifs (C(OH)–C–C–N with tert-alkyl or cyclic N) is 1. The summed E-state index contributed by atoms with van der Waals surface area (Å²) in [6.07, 6.45) is 0.551. The maximum atomic E-state index is 12.2. The summed E-state index contributed by atoms with van der Waals surface area (Å²) in [6, 6.07) is 4.70. The number of anilines is 1. The van der Waals surface area contributed by atoms with Crippen LogP contribution in [0.3, 0.4) is 0 Å². The summed E-state index contributed by atoms with van der Waals surface area (Å²) in [5.74, 6) is 0. The van der Waals surface area contributed by atoms with Gasteiger partial charge < -0.3 is 10.8 Å². The van der Waals surface area contributed by atoms with Crippen molar-refractivity contribution in [2.24, 2.45) is 0 Å². The van der Waals surface area contributed by atoms with Crippen LogP contribution in [-0.2, 0) is 10.0 Å². The van der Waals surface area contributed by atoms with Gasteiger partial charge in [0, 0.05) is 18.8 Å². The van der Waals surface area contributed by atoms with Crippen LogP contribution in [0.1, 0.15) is 18.9 Å². The van der Waals surface area contributed by atoms with E-state index in [1.807, 2.05) is 13.8 Å². The highest BCUT2D eigenvalue weighted by Gasteiger charge is 2.45. The second kappa shape index (κ2) is 4.22. The third-order valence-electron chi connectivity index (χ3n) is 3.49. The number of hydrogen-bond acceptors (Lipinski definition) is 4. The minimum absolute atomic E-state index is 0.152. The molecule has 1 saturated heterocycles. The Morgan fingerprint density at radius 1 is 1.44 bits per heavy atom. The maximum Gasteiger partial charge on any atom is 0.243 e. The molecule has 1 aliphatic rings. The first-order valence-electron chi connectivity index (χ1n) is 5.87. The molecule has 0 radical (unpaired) electrons. The van der Waals surface area contributed by atoms with E-state index in [-0.39, 0.29) is 18.0 Å². The SMILES string of the molecule is CCC1(O)CN(S(=O)(=O)c2ccc(C)c(N)c2)C1. The number of nitrogens with two attached hydrogens (primary N) is 1. The van der Waals surface area contributed by atoms with Crippen LogP contribution >= 0.6 is 0 Å². The van der Waals surface area contributed by atoms with Crippen LogP contribution in [0.4, 0.5) is 5.69 Å². The van der Waals surface area contributed by atoms with Crippen LogP contribution in [0.5, 0.6) is 0 Å². The Morgan fingerprint density at radius 3 is 2.56 bits per heavy atom. The molecule has 18 heavy (non-hydrogen) atoms. The van der Waals surface area contributed by atoms with Gasteiger partial charge in [-0.05, 0) is 31.0 Å². The molecule has 1 aliphatic heterocycles. The van der Waals surface area contributed by atoms with Crippen LogP contribution in [0.2, 0.25) is 0 Å². The zero-order valence-corrected chi connectivity index (χ0v) is 11.4. The average Bonchev–Trinajstić information content (AvgIpc) is 2.28. The van der Waals surface area contributed by atoms with Crippen LogP contribution in [0.15, 0.2) is 23.1 Å². The van der Waals surface area contributed by atoms with Gasteiger partial charge in [0.1, 0.15) is 0 Å². The molecule has 0 aromatic heterocycles. The van der Waals surface area contributed by atoms with Crippen LogP contribution in [-0.4, -0.2) is 36.5 Å². The Bertz CT molecular complexity index is 563. The van der Waals surface area contributed by atoms with E-state index in [1.54, 1.807) is 12.1 Å². The quantitative estimate of drug-likeness (QED) is 0.793. The van der Waals surface area contributed by atoms with Crippen molar-refractivity contribution in [2.45, 2.75) is 30.8 Å². The summed E-state index contributed by atoms with van der Waals surface area (Å²) in [5.41, 5.74) is 6.16. The van der Waals surface area contributed by atoms with Crippen molar-refractivity contribution < 1.29 is 13.5 Å². The summed E-state index contributed by atoms with van der Waals surface area (Å²) in [7, 11) is -3.53. The lowest BCUT2D eigenvalue weighted by atomic mass is 9.94. The molecule has 100 valence electrons. The van der Waals surface area contributed by atoms with Gasteiger partial charge >= 0.3 is 0 Å². The summed E-state index contributed by atoms with van der Waals surface area (Å²) in [5, 5.41) is 9.87. The number of benzene rings is 1. The van der Waals surface area contributed by atoms with Gasteiger partial charge in [-0.2, -0.15) is 4.31 Å². The van der Waals surface area contributed by atoms with Gasteiger partial charge in [-0.3, -0.25) is 0 Å². The number of nitrogens with zero attached hydrogens (tertiary/aromatic N) is 1. The van der Waals surface area contributed by atoms with E-state index in [0.717, 1.165) is 5.56 Å². The van der Waals surface area contributed by atoms with Gasteiger partial charge in [-0.25, -0.2) is 8.42 Å². The summed E-state index contributed by atoms with van der Waals surface area (Å²) >= 11 is 0. The molecule has 5 nitrogen and oxygen atoms in total. The molecule has 0 saturated carbocycles. The Morgan fingerprint density at radius 2 is 2.06 bits per heavy atom. The van der Waals surface area contributed by atoms with Crippen LogP contribution in [0.25, 0.3) is 0 Å². The lowest BCUT2D eigenvalue weighted by Gasteiger charge is -2.44. The summed E-state index contributed by atoms with van der Waals surface area (Å²) in [4.78, 5) is 0.184. The van der Waals surface area contributed by atoms with Crippen molar-refractivity contribution in [3.8, 4) is 0 Å². The van der Waals surface area contributed by atoms with E-state index in [4.69, 9.17) is 5.73 Å². The molecule has 6 heteroatoms. The molecule has 2 rings (SSSR count).